The Hall–Kier alpha value is -1.38. The van der Waals surface area contributed by atoms with Crippen molar-refractivity contribution in [3.05, 3.63) is 24.2 Å². The van der Waals surface area contributed by atoms with Gasteiger partial charge in [-0.05, 0) is 30.9 Å². The fourth-order valence-corrected chi connectivity index (χ4v) is 4.21. The van der Waals surface area contributed by atoms with Crippen LogP contribution in [0.1, 0.15) is 18.6 Å². The van der Waals surface area contributed by atoms with Crippen molar-refractivity contribution in [2.45, 2.75) is 25.5 Å². The highest BCUT2D eigenvalue weighted by atomic mass is 32.2. The minimum Gasteiger partial charge on any atom is -0.467 e. The lowest BCUT2D eigenvalue weighted by molar-refractivity contribution is -0.137. The molecule has 1 amide bonds. The van der Waals surface area contributed by atoms with Gasteiger partial charge in [0.05, 0.1) is 37.7 Å². The van der Waals surface area contributed by atoms with Crippen LogP contribution in [0.5, 0.6) is 0 Å². The van der Waals surface area contributed by atoms with Crippen molar-refractivity contribution in [3.8, 4) is 0 Å². The topological polar surface area (TPSA) is 88.8 Å². The highest BCUT2D eigenvalue weighted by Crippen LogP contribution is 2.32. The number of furan rings is 1. The van der Waals surface area contributed by atoms with Gasteiger partial charge in [-0.25, -0.2) is 12.7 Å². The van der Waals surface area contributed by atoms with E-state index in [1.54, 1.807) is 18.4 Å². The van der Waals surface area contributed by atoms with E-state index in [0.29, 0.717) is 44.8 Å². The van der Waals surface area contributed by atoms with Crippen molar-refractivity contribution < 1.29 is 22.4 Å². The summed E-state index contributed by atoms with van der Waals surface area (Å²) in [6.07, 6.45) is 4.20. The minimum atomic E-state index is -3.19. The number of amides is 1. The second-order valence-electron chi connectivity index (χ2n) is 6.27. The van der Waals surface area contributed by atoms with Gasteiger partial charge in [0.2, 0.25) is 15.9 Å². The number of nitrogens with zero attached hydrogens (tertiary/aromatic N) is 1. The van der Waals surface area contributed by atoms with Crippen LogP contribution in [0.15, 0.2) is 22.8 Å². The van der Waals surface area contributed by atoms with Crippen LogP contribution in [0.25, 0.3) is 0 Å². The van der Waals surface area contributed by atoms with Gasteiger partial charge in [-0.1, -0.05) is 0 Å². The molecule has 1 aromatic rings. The van der Waals surface area contributed by atoms with E-state index in [2.05, 4.69) is 5.32 Å². The van der Waals surface area contributed by atoms with Crippen molar-refractivity contribution in [1.29, 1.82) is 0 Å². The quantitative estimate of drug-likeness (QED) is 0.865. The molecule has 128 valence electrons. The smallest absolute Gasteiger partial charge is 0.225 e. The number of hydrogen-bond donors (Lipinski definition) is 1. The first kappa shape index (κ1) is 16.5. The molecule has 0 spiro atoms. The maximum Gasteiger partial charge on any atom is 0.225 e. The van der Waals surface area contributed by atoms with Gasteiger partial charge in [-0.2, -0.15) is 0 Å². The second kappa shape index (κ2) is 6.62. The first-order chi connectivity index (χ1) is 10.9. The Morgan fingerprint density at radius 3 is 3.00 bits per heavy atom. The number of piperidine rings is 1. The van der Waals surface area contributed by atoms with Gasteiger partial charge in [0.1, 0.15) is 5.76 Å². The molecule has 2 saturated heterocycles. The van der Waals surface area contributed by atoms with E-state index in [1.165, 1.54) is 10.6 Å². The van der Waals surface area contributed by atoms with Gasteiger partial charge < -0.3 is 14.5 Å². The van der Waals surface area contributed by atoms with Crippen molar-refractivity contribution >= 4 is 15.9 Å². The van der Waals surface area contributed by atoms with Gasteiger partial charge in [-0.15, -0.1) is 0 Å². The van der Waals surface area contributed by atoms with Crippen LogP contribution in [0, 0.1) is 11.8 Å². The molecule has 0 saturated carbocycles. The maximum absolute atomic E-state index is 12.3. The fraction of sp³-hybridized carbons (Fsp3) is 0.667. The first-order valence-electron chi connectivity index (χ1n) is 7.80. The molecule has 0 bridgehead atoms. The molecule has 1 N–H and O–H groups in total. The SMILES string of the molecule is CS(=O)(=O)N1CC[C@H]2OC[C@@H](C(=O)NCc3ccco3)C[C@H]2C1. The predicted octanol–water partition coefficient (Wildman–Crippen LogP) is 0.582. The molecule has 7 nitrogen and oxygen atoms in total. The Morgan fingerprint density at radius 2 is 2.30 bits per heavy atom. The Balaban J connectivity index is 1.55. The third-order valence-corrected chi connectivity index (χ3v) is 5.85. The number of hydrogen-bond acceptors (Lipinski definition) is 5. The van der Waals surface area contributed by atoms with Gasteiger partial charge in [0, 0.05) is 13.1 Å². The third kappa shape index (κ3) is 3.94. The van der Waals surface area contributed by atoms with Crippen LogP contribution in [0.3, 0.4) is 0 Å². The number of carbonyl (C=O) groups excluding carboxylic acids is 1. The molecular formula is C15H22N2O5S. The normalized spacial score (nSPS) is 29.0. The van der Waals surface area contributed by atoms with Gasteiger partial charge >= 0.3 is 0 Å². The zero-order chi connectivity index (χ0) is 16.4. The molecule has 1 aromatic heterocycles. The highest BCUT2D eigenvalue weighted by molar-refractivity contribution is 7.88. The van der Waals surface area contributed by atoms with Crippen LogP contribution >= 0.6 is 0 Å². The molecule has 0 unspecified atom stereocenters. The average molecular weight is 342 g/mol. The summed E-state index contributed by atoms with van der Waals surface area (Å²) in [5.41, 5.74) is 0. The fourth-order valence-electron chi connectivity index (χ4n) is 3.31. The standard InChI is InChI=1S/C15H22N2O5S/c1-23(19,20)17-5-4-14-11(9-17)7-12(10-22-14)15(18)16-8-13-3-2-6-21-13/h2-3,6,11-12,14H,4-5,7-10H2,1H3,(H,16,18)/t11-,12-,14+/m0/s1. The maximum atomic E-state index is 12.3. The Kier molecular flexibility index (Phi) is 4.74. The van der Waals surface area contributed by atoms with E-state index in [4.69, 9.17) is 9.15 Å². The molecule has 2 aliphatic rings. The summed E-state index contributed by atoms with van der Waals surface area (Å²) < 4.78 is 35.9. The van der Waals surface area contributed by atoms with Crippen molar-refractivity contribution in [2.24, 2.45) is 11.8 Å². The Labute approximate surface area is 136 Å². The lowest BCUT2D eigenvalue weighted by atomic mass is 9.84. The van der Waals surface area contributed by atoms with Crippen LogP contribution in [0.2, 0.25) is 0 Å². The number of fused-ring (bicyclic) bond motifs is 1. The largest absolute Gasteiger partial charge is 0.467 e. The van der Waals surface area contributed by atoms with Crippen LogP contribution in [-0.4, -0.2) is 50.7 Å². The third-order valence-electron chi connectivity index (χ3n) is 4.58. The molecule has 3 rings (SSSR count). The lowest BCUT2D eigenvalue weighted by Gasteiger charge is -2.42. The minimum absolute atomic E-state index is 0.0575. The molecule has 2 aliphatic heterocycles. The van der Waals surface area contributed by atoms with E-state index in [9.17, 15) is 13.2 Å². The Morgan fingerprint density at radius 1 is 1.48 bits per heavy atom. The van der Waals surface area contributed by atoms with E-state index >= 15 is 0 Å². The summed E-state index contributed by atoms with van der Waals surface area (Å²) >= 11 is 0. The molecule has 8 heteroatoms. The van der Waals surface area contributed by atoms with E-state index in [1.807, 2.05) is 0 Å². The summed E-state index contributed by atoms with van der Waals surface area (Å²) in [7, 11) is -3.19. The van der Waals surface area contributed by atoms with Gasteiger partial charge in [0.25, 0.3) is 0 Å². The number of sulfonamides is 1. The number of carbonyl (C=O) groups is 1. The molecule has 0 aliphatic carbocycles. The summed E-state index contributed by atoms with van der Waals surface area (Å²) in [5.74, 6) is 0.461. The van der Waals surface area contributed by atoms with E-state index < -0.39 is 10.0 Å². The highest BCUT2D eigenvalue weighted by Gasteiger charge is 2.40. The summed E-state index contributed by atoms with van der Waals surface area (Å²) in [6, 6.07) is 3.58. The van der Waals surface area contributed by atoms with Gasteiger partial charge in [0.15, 0.2) is 0 Å². The molecule has 23 heavy (non-hydrogen) atoms. The van der Waals surface area contributed by atoms with E-state index in [-0.39, 0.29) is 23.8 Å². The van der Waals surface area contributed by atoms with E-state index in [0.717, 1.165) is 0 Å². The van der Waals surface area contributed by atoms with Crippen LogP contribution in [-0.2, 0) is 26.1 Å². The number of ether oxygens (including phenoxy) is 1. The lowest BCUT2D eigenvalue weighted by Crippen LogP contribution is -2.51. The van der Waals surface area contributed by atoms with Crippen molar-refractivity contribution in [3.63, 3.8) is 0 Å². The van der Waals surface area contributed by atoms with Crippen LogP contribution < -0.4 is 5.32 Å². The summed E-state index contributed by atoms with van der Waals surface area (Å²) in [4.78, 5) is 12.3. The zero-order valence-corrected chi connectivity index (χ0v) is 13.9. The first-order valence-corrected chi connectivity index (χ1v) is 9.65. The van der Waals surface area contributed by atoms with Crippen LogP contribution in [0.4, 0.5) is 0 Å². The number of rotatable bonds is 4. The molecular weight excluding hydrogens is 320 g/mol. The molecule has 0 aromatic carbocycles. The number of nitrogens with one attached hydrogen (secondary N) is 1. The molecule has 2 fully saturated rings. The van der Waals surface area contributed by atoms with Crippen molar-refractivity contribution in [2.75, 3.05) is 26.0 Å². The summed E-state index contributed by atoms with van der Waals surface area (Å²) in [5, 5.41) is 2.85. The zero-order valence-electron chi connectivity index (χ0n) is 13.1. The Bertz CT molecular complexity index is 643. The molecule has 3 heterocycles. The second-order valence-corrected chi connectivity index (χ2v) is 8.25. The molecule has 0 radical (unpaired) electrons. The monoisotopic (exact) mass is 342 g/mol. The van der Waals surface area contributed by atoms with Crippen molar-refractivity contribution in [1.82, 2.24) is 9.62 Å². The predicted molar refractivity (Wildman–Crippen MR) is 82.9 cm³/mol. The summed E-state index contributed by atoms with van der Waals surface area (Å²) in [6.45, 7) is 1.68. The average Bonchev–Trinajstić information content (AvgIpc) is 3.04. The van der Waals surface area contributed by atoms with Gasteiger partial charge in [-0.3, -0.25) is 4.79 Å². The molecule has 3 atom stereocenters.